The van der Waals surface area contributed by atoms with Crippen LogP contribution in [0, 0.1) is 23.7 Å². The third kappa shape index (κ3) is 4.36. The molecule has 3 amide bonds. The normalized spacial score (nSPS) is 34.0. The van der Waals surface area contributed by atoms with Gasteiger partial charge in [-0.1, -0.05) is 62.6 Å². The van der Waals surface area contributed by atoms with Gasteiger partial charge in [0.15, 0.2) is 11.5 Å². The van der Waals surface area contributed by atoms with Crippen molar-refractivity contribution < 1.29 is 28.6 Å². The van der Waals surface area contributed by atoms with Crippen molar-refractivity contribution >= 4 is 35.0 Å². The summed E-state index contributed by atoms with van der Waals surface area (Å²) >= 11 is 6.14. The van der Waals surface area contributed by atoms with Gasteiger partial charge in [-0.25, -0.2) is 0 Å². The van der Waals surface area contributed by atoms with E-state index in [1.165, 1.54) is 0 Å². The molecule has 2 aromatic rings. The van der Waals surface area contributed by atoms with Crippen molar-refractivity contribution in [3.05, 3.63) is 65.2 Å². The molecule has 0 unspecified atom stereocenters. The van der Waals surface area contributed by atoms with E-state index in [0.717, 1.165) is 24.8 Å². The quantitative estimate of drug-likeness (QED) is 0.485. The van der Waals surface area contributed by atoms with Crippen LogP contribution in [-0.4, -0.2) is 53.2 Å². The Morgan fingerprint density at radius 1 is 1.07 bits per heavy atom. The van der Waals surface area contributed by atoms with Crippen LogP contribution in [-0.2, 0) is 25.7 Å². The number of hydrogen-bond donors (Lipinski definition) is 2. The Labute approximate surface area is 249 Å². The van der Waals surface area contributed by atoms with Crippen LogP contribution in [0.3, 0.4) is 0 Å². The van der Waals surface area contributed by atoms with Crippen molar-refractivity contribution in [1.29, 1.82) is 0 Å². The van der Waals surface area contributed by atoms with Gasteiger partial charge in [-0.2, -0.15) is 0 Å². The summed E-state index contributed by atoms with van der Waals surface area (Å²) < 4.78 is 17.5. The van der Waals surface area contributed by atoms with E-state index in [1.54, 1.807) is 35.2 Å². The molecular formula is C32H34ClN3O6. The number of amides is 3. The highest BCUT2D eigenvalue weighted by atomic mass is 35.5. The van der Waals surface area contributed by atoms with Gasteiger partial charge in [-0.15, -0.1) is 0 Å². The summed E-state index contributed by atoms with van der Waals surface area (Å²) in [6.45, 7) is 4.69. The minimum absolute atomic E-state index is 0.00343. The lowest BCUT2D eigenvalue weighted by atomic mass is 9.73. The van der Waals surface area contributed by atoms with E-state index in [1.807, 2.05) is 24.3 Å². The van der Waals surface area contributed by atoms with Gasteiger partial charge in [-0.05, 0) is 54.2 Å². The van der Waals surface area contributed by atoms with Crippen LogP contribution in [0.4, 0.5) is 5.69 Å². The first-order chi connectivity index (χ1) is 20.2. The minimum atomic E-state index is -1.25. The zero-order valence-corrected chi connectivity index (χ0v) is 24.3. The molecule has 4 aliphatic heterocycles. The van der Waals surface area contributed by atoms with Crippen LogP contribution in [0.25, 0.3) is 0 Å². The number of likely N-dealkylation sites (tertiary alicyclic amines) is 1. The summed E-state index contributed by atoms with van der Waals surface area (Å²) in [5, 5.41) is 6.70. The van der Waals surface area contributed by atoms with Crippen LogP contribution in [0.15, 0.2) is 54.6 Å². The number of nitrogens with zero attached hydrogens (tertiary/aromatic N) is 1. The fourth-order valence-electron chi connectivity index (χ4n) is 7.51. The topological polar surface area (TPSA) is 106 Å². The van der Waals surface area contributed by atoms with E-state index < -0.39 is 29.6 Å². The van der Waals surface area contributed by atoms with Crippen LogP contribution in [0.1, 0.15) is 38.7 Å². The summed E-state index contributed by atoms with van der Waals surface area (Å²) in [7, 11) is 0. The monoisotopic (exact) mass is 591 g/mol. The fourth-order valence-corrected chi connectivity index (χ4v) is 7.70. The predicted molar refractivity (Wildman–Crippen MR) is 155 cm³/mol. The second kappa shape index (κ2) is 10.3. The van der Waals surface area contributed by atoms with Gasteiger partial charge < -0.3 is 29.7 Å². The van der Waals surface area contributed by atoms with E-state index in [4.69, 9.17) is 25.8 Å². The molecule has 3 fully saturated rings. The van der Waals surface area contributed by atoms with Crippen molar-refractivity contribution in [3.8, 4) is 11.5 Å². The molecule has 7 rings (SSSR count). The Bertz CT molecular complexity index is 1480. The molecule has 0 aromatic heterocycles. The smallest absolute Gasteiger partial charge is 0.246 e. The molecule has 1 aliphatic carbocycles. The van der Waals surface area contributed by atoms with Crippen molar-refractivity contribution in [1.82, 2.24) is 10.2 Å². The predicted octanol–water partition coefficient (Wildman–Crippen LogP) is 4.30. The summed E-state index contributed by atoms with van der Waals surface area (Å²) in [6.07, 6.45) is 6.10. The molecule has 4 heterocycles. The average molecular weight is 592 g/mol. The first kappa shape index (κ1) is 27.3. The number of ether oxygens (including phenoxy) is 3. The molecule has 10 heteroatoms. The van der Waals surface area contributed by atoms with Gasteiger partial charge in [-0.3, -0.25) is 14.4 Å². The number of anilines is 1. The lowest BCUT2D eigenvalue weighted by Gasteiger charge is -2.38. The second-order valence-electron chi connectivity index (χ2n) is 12.2. The molecule has 2 aromatic carbocycles. The molecule has 2 bridgehead atoms. The molecule has 9 nitrogen and oxygen atoms in total. The van der Waals surface area contributed by atoms with E-state index in [-0.39, 0.29) is 37.1 Å². The van der Waals surface area contributed by atoms with E-state index in [0.29, 0.717) is 34.0 Å². The Morgan fingerprint density at radius 3 is 2.74 bits per heavy atom. The molecule has 42 heavy (non-hydrogen) atoms. The van der Waals surface area contributed by atoms with Gasteiger partial charge in [0.2, 0.25) is 24.5 Å². The lowest BCUT2D eigenvalue weighted by Crippen LogP contribution is -2.57. The zero-order chi connectivity index (χ0) is 29.2. The van der Waals surface area contributed by atoms with Gasteiger partial charge in [0.25, 0.3) is 0 Å². The van der Waals surface area contributed by atoms with Crippen LogP contribution in [0.2, 0.25) is 5.02 Å². The maximum Gasteiger partial charge on any atom is 0.246 e. The van der Waals surface area contributed by atoms with Crippen LogP contribution in [0.5, 0.6) is 11.5 Å². The third-order valence-electron chi connectivity index (χ3n) is 9.84. The largest absolute Gasteiger partial charge is 0.454 e. The number of fused-ring (bicyclic) bond motifs is 2. The maximum absolute atomic E-state index is 14.3. The first-order valence-electron chi connectivity index (χ1n) is 14.7. The highest BCUT2D eigenvalue weighted by Crippen LogP contribution is 2.55. The van der Waals surface area contributed by atoms with Crippen molar-refractivity contribution in [3.63, 3.8) is 0 Å². The van der Waals surface area contributed by atoms with E-state index in [9.17, 15) is 14.4 Å². The van der Waals surface area contributed by atoms with Crippen molar-refractivity contribution in [2.24, 2.45) is 23.7 Å². The molecular weight excluding hydrogens is 558 g/mol. The lowest BCUT2D eigenvalue weighted by molar-refractivity contribution is -0.142. The second-order valence-corrected chi connectivity index (χ2v) is 12.7. The van der Waals surface area contributed by atoms with Crippen molar-refractivity contribution in [2.45, 2.75) is 63.4 Å². The Kier molecular flexibility index (Phi) is 6.70. The SMILES string of the molecule is C[C@H]1[C@H](C)CCC[C@@H]1NC(=O)[C@@H]1N(Cc2ccc3c(c2)OCO3)C(=O)[C@@H]2[C@H](C(=O)Nc3cccc(Cl)c3)[C@@H]3C=C[C@]21O3. The minimum Gasteiger partial charge on any atom is -0.454 e. The summed E-state index contributed by atoms with van der Waals surface area (Å²) in [4.78, 5) is 43.9. The summed E-state index contributed by atoms with van der Waals surface area (Å²) in [6, 6.07) is 11.4. The molecule has 2 N–H and O–H groups in total. The van der Waals surface area contributed by atoms with Gasteiger partial charge in [0, 0.05) is 23.3 Å². The van der Waals surface area contributed by atoms with E-state index >= 15 is 0 Å². The highest BCUT2D eigenvalue weighted by molar-refractivity contribution is 6.30. The number of benzene rings is 2. The average Bonchev–Trinajstić information content (AvgIpc) is 3.72. The molecule has 5 aliphatic rings. The van der Waals surface area contributed by atoms with Gasteiger partial charge >= 0.3 is 0 Å². The standard InChI is InChI=1S/C32H34ClN3O6/c1-17-5-3-8-22(18(17)2)35-30(38)28-32-12-11-24(42-32)26(29(37)34-21-7-4-6-20(33)14-21)27(32)31(39)36(28)15-19-9-10-23-25(13-19)41-16-40-23/h4,6-7,9-14,17-18,22,24,26-28H,3,5,8,15-16H2,1-2H3,(H,34,37)(H,35,38)/t17-,18+,22+,24+,26-,27+,28+,32+/m1/s1. The number of nitrogens with one attached hydrogen (secondary N) is 2. The zero-order valence-electron chi connectivity index (χ0n) is 23.5. The van der Waals surface area contributed by atoms with E-state index in [2.05, 4.69) is 24.5 Å². The Hall–Kier alpha value is -3.56. The molecule has 1 spiro atoms. The van der Waals surface area contributed by atoms with Gasteiger partial charge in [0.1, 0.15) is 11.6 Å². The van der Waals surface area contributed by atoms with Gasteiger partial charge in [0.05, 0.1) is 17.9 Å². The van der Waals surface area contributed by atoms with Crippen LogP contribution >= 0.6 is 11.6 Å². The first-order valence-corrected chi connectivity index (χ1v) is 15.1. The number of carbonyl (C=O) groups is 3. The molecule has 2 saturated heterocycles. The number of hydrogen-bond acceptors (Lipinski definition) is 6. The number of halogens is 1. The number of carbonyl (C=O) groups excluding carboxylic acids is 3. The molecule has 1 saturated carbocycles. The number of rotatable bonds is 6. The Balaban J connectivity index is 1.22. The highest BCUT2D eigenvalue weighted by Gasteiger charge is 2.72. The maximum atomic E-state index is 14.3. The summed E-state index contributed by atoms with van der Waals surface area (Å²) in [5.41, 5.74) is 0.0766. The molecule has 220 valence electrons. The Morgan fingerprint density at radius 2 is 1.90 bits per heavy atom. The third-order valence-corrected chi connectivity index (χ3v) is 10.1. The van der Waals surface area contributed by atoms with Crippen LogP contribution < -0.4 is 20.1 Å². The fraction of sp³-hybridized carbons (Fsp3) is 0.469. The molecule has 0 radical (unpaired) electrons. The molecule has 8 atom stereocenters. The van der Waals surface area contributed by atoms with Crippen molar-refractivity contribution in [2.75, 3.05) is 12.1 Å². The summed E-state index contributed by atoms with van der Waals surface area (Å²) in [5.74, 6) is -0.490.